The first kappa shape index (κ1) is 19.9. The van der Waals surface area contributed by atoms with Crippen LogP contribution in [-0.4, -0.2) is 23.9 Å². The number of anilines is 2. The molecule has 0 saturated heterocycles. The fraction of sp³-hybridized carbons (Fsp3) is 0.136. The fourth-order valence-corrected chi connectivity index (χ4v) is 2.62. The van der Waals surface area contributed by atoms with Crippen LogP contribution in [-0.2, 0) is 11.4 Å². The number of hydrogen-bond acceptors (Lipinski definition) is 5. The maximum atomic E-state index is 12.5. The number of ether oxygens (including phenoxy) is 2. The predicted molar refractivity (Wildman–Crippen MR) is 110 cm³/mol. The van der Waals surface area contributed by atoms with E-state index in [2.05, 4.69) is 15.6 Å². The first-order chi connectivity index (χ1) is 14.0. The fourth-order valence-electron chi connectivity index (χ4n) is 2.62. The second-order valence-corrected chi connectivity index (χ2v) is 6.23. The number of carbonyl (C=O) groups excluding carboxylic acids is 2. The minimum absolute atomic E-state index is 0.167. The van der Waals surface area contributed by atoms with Gasteiger partial charge in [0.25, 0.3) is 5.91 Å². The lowest BCUT2D eigenvalue weighted by Gasteiger charge is -2.13. The van der Waals surface area contributed by atoms with Gasteiger partial charge in [-0.15, -0.1) is 0 Å². The third-order valence-corrected chi connectivity index (χ3v) is 4.01. The molecule has 3 aromatic rings. The minimum Gasteiger partial charge on any atom is -0.493 e. The molecule has 0 aliphatic rings. The van der Waals surface area contributed by atoms with Crippen molar-refractivity contribution in [3.05, 3.63) is 78.1 Å². The highest BCUT2D eigenvalue weighted by Crippen LogP contribution is 2.31. The molecule has 7 nitrogen and oxygen atoms in total. The molecule has 0 bridgehead atoms. The molecule has 0 fully saturated rings. The third-order valence-electron chi connectivity index (χ3n) is 4.01. The molecule has 3 rings (SSSR count). The number of rotatable bonds is 7. The molecule has 0 aliphatic carbocycles. The van der Waals surface area contributed by atoms with Gasteiger partial charge in [-0.25, -0.2) is 0 Å². The summed E-state index contributed by atoms with van der Waals surface area (Å²) in [5, 5.41) is 5.50. The van der Waals surface area contributed by atoms with Crippen LogP contribution in [0.25, 0.3) is 0 Å². The third kappa shape index (κ3) is 5.55. The van der Waals surface area contributed by atoms with Crippen LogP contribution in [0.4, 0.5) is 11.4 Å². The van der Waals surface area contributed by atoms with E-state index in [1.165, 1.54) is 6.92 Å². The van der Waals surface area contributed by atoms with Crippen LogP contribution in [0, 0.1) is 0 Å². The first-order valence-corrected chi connectivity index (χ1v) is 8.94. The number of carbonyl (C=O) groups is 2. The number of nitrogens with zero attached hydrogens (tertiary/aromatic N) is 1. The summed E-state index contributed by atoms with van der Waals surface area (Å²) in [4.78, 5) is 27.7. The summed E-state index contributed by atoms with van der Waals surface area (Å²) in [6, 6.07) is 15.6. The standard InChI is InChI=1S/C22H21N3O4/c1-15(26)24-18-7-5-17(6-8-18)22(27)25-19-9-10-20(28-2)21(12-19)29-14-16-4-3-11-23-13-16/h3-13H,14H2,1-2H3,(H,24,26)(H,25,27). The number of nitrogens with one attached hydrogen (secondary N) is 2. The van der Waals surface area contributed by atoms with Crippen LogP contribution in [0.15, 0.2) is 67.0 Å². The van der Waals surface area contributed by atoms with Gasteiger partial charge in [0.05, 0.1) is 7.11 Å². The quantitative estimate of drug-likeness (QED) is 0.638. The molecule has 148 valence electrons. The molecular formula is C22H21N3O4. The Morgan fingerprint density at radius 2 is 1.72 bits per heavy atom. The first-order valence-electron chi connectivity index (χ1n) is 8.94. The lowest BCUT2D eigenvalue weighted by atomic mass is 10.2. The Labute approximate surface area is 168 Å². The van der Waals surface area contributed by atoms with E-state index in [1.54, 1.807) is 62.0 Å². The summed E-state index contributed by atoms with van der Waals surface area (Å²) in [7, 11) is 1.56. The van der Waals surface area contributed by atoms with Crippen molar-refractivity contribution >= 4 is 23.2 Å². The average molecular weight is 391 g/mol. The van der Waals surface area contributed by atoms with E-state index >= 15 is 0 Å². The molecule has 0 atom stereocenters. The molecule has 29 heavy (non-hydrogen) atoms. The van der Waals surface area contributed by atoms with Gasteiger partial charge in [0.15, 0.2) is 11.5 Å². The molecular weight excluding hydrogens is 370 g/mol. The lowest BCUT2D eigenvalue weighted by molar-refractivity contribution is -0.114. The second kappa shape index (κ2) is 9.36. The van der Waals surface area contributed by atoms with Crippen LogP contribution >= 0.6 is 0 Å². The van der Waals surface area contributed by atoms with Gasteiger partial charge >= 0.3 is 0 Å². The summed E-state index contributed by atoms with van der Waals surface area (Å²) in [5.41, 5.74) is 2.59. The zero-order valence-corrected chi connectivity index (χ0v) is 16.1. The van der Waals surface area contributed by atoms with Crippen molar-refractivity contribution in [2.75, 3.05) is 17.7 Å². The summed E-state index contributed by atoms with van der Waals surface area (Å²) in [5.74, 6) is 0.628. The highest BCUT2D eigenvalue weighted by Gasteiger charge is 2.10. The number of hydrogen-bond donors (Lipinski definition) is 2. The second-order valence-electron chi connectivity index (χ2n) is 6.23. The largest absolute Gasteiger partial charge is 0.493 e. The number of methoxy groups -OCH3 is 1. The van der Waals surface area contributed by atoms with E-state index in [9.17, 15) is 9.59 Å². The van der Waals surface area contributed by atoms with Crippen molar-refractivity contribution in [2.24, 2.45) is 0 Å². The minimum atomic E-state index is -0.275. The van der Waals surface area contributed by atoms with Gasteiger partial charge in [-0.2, -0.15) is 0 Å². The molecule has 0 radical (unpaired) electrons. The number of aromatic nitrogens is 1. The Morgan fingerprint density at radius 3 is 2.38 bits per heavy atom. The maximum absolute atomic E-state index is 12.5. The van der Waals surface area contributed by atoms with Gasteiger partial charge in [0, 0.05) is 47.9 Å². The smallest absolute Gasteiger partial charge is 0.255 e. The zero-order chi connectivity index (χ0) is 20.6. The van der Waals surface area contributed by atoms with Crippen LogP contribution in [0.2, 0.25) is 0 Å². The Balaban J connectivity index is 1.70. The molecule has 0 unspecified atom stereocenters. The van der Waals surface area contributed by atoms with Crippen molar-refractivity contribution in [3.8, 4) is 11.5 Å². The van der Waals surface area contributed by atoms with Crippen LogP contribution in [0.5, 0.6) is 11.5 Å². The average Bonchev–Trinajstić information content (AvgIpc) is 2.73. The number of amides is 2. The number of benzene rings is 2. The molecule has 2 N–H and O–H groups in total. The normalized spacial score (nSPS) is 10.1. The van der Waals surface area contributed by atoms with Crippen molar-refractivity contribution in [3.63, 3.8) is 0 Å². The Bertz CT molecular complexity index is 989. The van der Waals surface area contributed by atoms with Crippen molar-refractivity contribution in [1.29, 1.82) is 0 Å². The van der Waals surface area contributed by atoms with Crippen LogP contribution in [0.3, 0.4) is 0 Å². The monoisotopic (exact) mass is 391 g/mol. The van der Waals surface area contributed by atoms with Crippen LogP contribution < -0.4 is 20.1 Å². The summed E-state index contributed by atoms with van der Waals surface area (Å²) in [6.45, 7) is 1.75. The van der Waals surface area contributed by atoms with E-state index in [1.807, 2.05) is 12.1 Å². The summed E-state index contributed by atoms with van der Waals surface area (Å²) < 4.78 is 11.2. The van der Waals surface area contributed by atoms with Crippen molar-refractivity contribution in [1.82, 2.24) is 4.98 Å². The molecule has 0 spiro atoms. The van der Waals surface area contributed by atoms with Gasteiger partial charge in [-0.3, -0.25) is 14.6 Å². The topological polar surface area (TPSA) is 89.6 Å². The highest BCUT2D eigenvalue weighted by molar-refractivity contribution is 6.04. The van der Waals surface area contributed by atoms with E-state index in [4.69, 9.17) is 9.47 Å². The SMILES string of the molecule is COc1ccc(NC(=O)c2ccc(NC(C)=O)cc2)cc1OCc1cccnc1. The summed E-state index contributed by atoms with van der Waals surface area (Å²) >= 11 is 0. The van der Waals surface area contributed by atoms with E-state index in [0.717, 1.165) is 5.56 Å². The lowest BCUT2D eigenvalue weighted by Crippen LogP contribution is -2.12. The molecule has 7 heteroatoms. The van der Waals surface area contributed by atoms with E-state index in [0.29, 0.717) is 35.0 Å². The van der Waals surface area contributed by atoms with Gasteiger partial charge in [0.2, 0.25) is 5.91 Å². The molecule has 1 heterocycles. The van der Waals surface area contributed by atoms with E-state index < -0.39 is 0 Å². The Morgan fingerprint density at radius 1 is 0.966 bits per heavy atom. The van der Waals surface area contributed by atoms with Gasteiger partial charge in [-0.05, 0) is 42.5 Å². The zero-order valence-electron chi connectivity index (χ0n) is 16.1. The highest BCUT2D eigenvalue weighted by atomic mass is 16.5. The van der Waals surface area contributed by atoms with Gasteiger partial charge in [-0.1, -0.05) is 6.07 Å². The van der Waals surface area contributed by atoms with E-state index in [-0.39, 0.29) is 11.8 Å². The van der Waals surface area contributed by atoms with Crippen molar-refractivity contribution in [2.45, 2.75) is 13.5 Å². The molecule has 2 amide bonds. The predicted octanol–water partition coefficient (Wildman–Crippen LogP) is 3.88. The Hall–Kier alpha value is -3.87. The van der Waals surface area contributed by atoms with Crippen molar-refractivity contribution < 1.29 is 19.1 Å². The van der Waals surface area contributed by atoms with Gasteiger partial charge < -0.3 is 20.1 Å². The van der Waals surface area contributed by atoms with Crippen LogP contribution in [0.1, 0.15) is 22.8 Å². The molecule has 2 aromatic carbocycles. The summed E-state index contributed by atoms with van der Waals surface area (Å²) in [6.07, 6.45) is 3.42. The molecule has 0 saturated carbocycles. The maximum Gasteiger partial charge on any atom is 0.255 e. The molecule has 0 aliphatic heterocycles. The van der Waals surface area contributed by atoms with Gasteiger partial charge in [0.1, 0.15) is 6.61 Å². The Kier molecular flexibility index (Phi) is 6.42. The molecule has 1 aromatic heterocycles. The number of pyridine rings is 1.